The van der Waals surface area contributed by atoms with Gasteiger partial charge in [0.05, 0.1) is 6.33 Å². The summed E-state index contributed by atoms with van der Waals surface area (Å²) in [6, 6.07) is 0. The monoisotopic (exact) mass is 423 g/mol. The number of amides is 2. The second-order valence-electron chi connectivity index (χ2n) is 7.73. The molecule has 0 aliphatic carbocycles. The van der Waals surface area contributed by atoms with Gasteiger partial charge in [-0.3, -0.25) is 9.36 Å². The number of nitrogens with two attached hydrogens (primary N) is 1. The third-order valence-electron chi connectivity index (χ3n) is 4.25. The minimum Gasteiger partial charge on any atom is -0.444 e. The maximum Gasteiger partial charge on any atom is 0.407 e. The molecule has 0 saturated carbocycles. The fourth-order valence-electron chi connectivity index (χ4n) is 2.93. The quantitative estimate of drug-likeness (QED) is 0.361. The number of anilines is 1. The second kappa shape index (κ2) is 8.38. The molecule has 4 atom stereocenters. The van der Waals surface area contributed by atoms with Gasteiger partial charge >= 0.3 is 6.09 Å². The summed E-state index contributed by atoms with van der Waals surface area (Å²) in [5.41, 5.74) is 5.72. The number of aliphatic hydroxyl groups excluding tert-OH is 2. The summed E-state index contributed by atoms with van der Waals surface area (Å²) in [6.45, 7) is 5.39. The van der Waals surface area contributed by atoms with Gasteiger partial charge in [-0.25, -0.2) is 19.7 Å². The molecule has 0 bridgehead atoms. The number of ether oxygens (including phenoxy) is 2. The molecule has 0 aromatic carbocycles. The van der Waals surface area contributed by atoms with Gasteiger partial charge in [0.15, 0.2) is 23.8 Å². The Balaban J connectivity index is 1.58. The highest BCUT2D eigenvalue weighted by Gasteiger charge is 2.47. The van der Waals surface area contributed by atoms with E-state index < -0.39 is 42.1 Å². The van der Waals surface area contributed by atoms with Gasteiger partial charge in [-0.2, -0.15) is 0 Å². The number of alkyl carbamates (subject to hydrolysis) is 1. The summed E-state index contributed by atoms with van der Waals surface area (Å²) in [6.07, 6.45) is -3.37. The summed E-state index contributed by atoms with van der Waals surface area (Å²) in [5.74, 6) is -0.493. The Morgan fingerprint density at radius 2 is 1.90 bits per heavy atom. The molecular weight excluding hydrogens is 398 g/mol. The molecule has 13 heteroatoms. The van der Waals surface area contributed by atoms with Crippen molar-refractivity contribution in [1.29, 1.82) is 0 Å². The highest BCUT2D eigenvalue weighted by Crippen LogP contribution is 2.32. The molecule has 2 aromatic rings. The molecule has 164 valence electrons. The third kappa shape index (κ3) is 4.58. The lowest BCUT2D eigenvalue weighted by Crippen LogP contribution is -2.45. The van der Waals surface area contributed by atoms with Gasteiger partial charge in [0.2, 0.25) is 0 Å². The standard InChI is InChI=1S/C17H25N7O6/c1-17(2,3)30-16(28)20-5-4-19-14(27)11-9(25)10(26)15(29-11)24-7-23-8-12(18)21-6-22-13(8)24/h6-7,9-11,15,25-26H,4-5H2,1-3H3,(H,19,27)(H,20,28)(H2,18,21,22). The molecule has 6 N–H and O–H groups in total. The number of hydrogen-bond acceptors (Lipinski definition) is 10. The van der Waals surface area contributed by atoms with E-state index in [9.17, 15) is 19.8 Å². The Morgan fingerprint density at radius 1 is 1.20 bits per heavy atom. The van der Waals surface area contributed by atoms with Crippen molar-refractivity contribution in [2.24, 2.45) is 0 Å². The van der Waals surface area contributed by atoms with Crippen molar-refractivity contribution < 1.29 is 29.3 Å². The fourth-order valence-corrected chi connectivity index (χ4v) is 2.93. The van der Waals surface area contributed by atoms with Crippen LogP contribution in [0.1, 0.15) is 27.0 Å². The van der Waals surface area contributed by atoms with Crippen molar-refractivity contribution >= 4 is 29.0 Å². The lowest BCUT2D eigenvalue weighted by molar-refractivity contribution is -0.137. The first-order valence-electron chi connectivity index (χ1n) is 9.27. The van der Waals surface area contributed by atoms with E-state index in [1.807, 2.05) is 0 Å². The topological polar surface area (TPSA) is 187 Å². The molecule has 1 fully saturated rings. The third-order valence-corrected chi connectivity index (χ3v) is 4.25. The van der Waals surface area contributed by atoms with E-state index in [2.05, 4.69) is 25.6 Å². The Morgan fingerprint density at radius 3 is 2.60 bits per heavy atom. The average Bonchev–Trinajstić information content (AvgIpc) is 3.20. The summed E-state index contributed by atoms with van der Waals surface area (Å²) < 4.78 is 12.0. The van der Waals surface area contributed by atoms with Crippen molar-refractivity contribution in [3.63, 3.8) is 0 Å². The number of fused-ring (bicyclic) bond motifs is 1. The first-order valence-corrected chi connectivity index (χ1v) is 9.27. The second-order valence-corrected chi connectivity index (χ2v) is 7.73. The molecular formula is C17H25N7O6. The number of aromatic nitrogens is 4. The molecule has 13 nitrogen and oxygen atoms in total. The van der Waals surface area contributed by atoms with Crippen LogP contribution in [0.15, 0.2) is 12.7 Å². The number of nitrogens with zero attached hydrogens (tertiary/aromatic N) is 4. The van der Waals surface area contributed by atoms with Crippen LogP contribution < -0.4 is 16.4 Å². The van der Waals surface area contributed by atoms with Gasteiger partial charge < -0.3 is 36.1 Å². The Bertz CT molecular complexity index is 927. The number of carbonyl (C=O) groups is 2. The summed E-state index contributed by atoms with van der Waals surface area (Å²) in [4.78, 5) is 36.0. The maximum absolute atomic E-state index is 12.4. The zero-order valence-electron chi connectivity index (χ0n) is 16.8. The van der Waals surface area contributed by atoms with E-state index in [0.29, 0.717) is 11.2 Å². The van der Waals surface area contributed by atoms with Gasteiger partial charge in [-0.1, -0.05) is 0 Å². The van der Waals surface area contributed by atoms with E-state index in [1.165, 1.54) is 17.2 Å². The SMILES string of the molecule is CC(C)(C)OC(=O)NCCNC(=O)C1OC(n2cnc3c(N)ncnc32)C(O)C1O. The van der Waals surface area contributed by atoms with E-state index in [4.69, 9.17) is 15.2 Å². The van der Waals surface area contributed by atoms with Crippen molar-refractivity contribution in [2.75, 3.05) is 18.8 Å². The van der Waals surface area contributed by atoms with Gasteiger partial charge in [0, 0.05) is 13.1 Å². The molecule has 1 aliphatic heterocycles. The minimum absolute atomic E-state index is 0.0726. The number of nitrogens with one attached hydrogen (secondary N) is 2. The first-order chi connectivity index (χ1) is 14.1. The van der Waals surface area contributed by atoms with E-state index >= 15 is 0 Å². The Hall–Kier alpha value is -3.03. The van der Waals surface area contributed by atoms with Crippen molar-refractivity contribution in [3.8, 4) is 0 Å². The molecule has 30 heavy (non-hydrogen) atoms. The van der Waals surface area contributed by atoms with E-state index in [0.717, 1.165) is 0 Å². The number of hydrogen-bond donors (Lipinski definition) is 5. The van der Waals surface area contributed by atoms with Crippen LogP contribution in [0, 0.1) is 0 Å². The van der Waals surface area contributed by atoms with Crippen LogP contribution in [-0.4, -0.2) is 78.7 Å². The Kier molecular flexibility index (Phi) is 6.05. The number of nitrogen functional groups attached to an aromatic ring is 1. The van der Waals surface area contributed by atoms with Gasteiger partial charge in [0.1, 0.15) is 29.7 Å². The normalized spacial score (nSPS) is 24.0. The van der Waals surface area contributed by atoms with Crippen LogP contribution in [0.25, 0.3) is 11.2 Å². The van der Waals surface area contributed by atoms with Crippen LogP contribution in [0.4, 0.5) is 10.6 Å². The first kappa shape index (κ1) is 21.7. The Labute approximate surface area is 171 Å². The predicted molar refractivity (Wildman–Crippen MR) is 103 cm³/mol. The van der Waals surface area contributed by atoms with Gasteiger partial charge in [-0.15, -0.1) is 0 Å². The summed E-state index contributed by atoms with van der Waals surface area (Å²) in [5, 5.41) is 25.7. The molecule has 0 spiro atoms. The molecule has 4 unspecified atom stereocenters. The van der Waals surface area contributed by atoms with E-state index in [-0.39, 0.29) is 18.9 Å². The highest BCUT2D eigenvalue weighted by molar-refractivity contribution is 5.82. The molecule has 0 radical (unpaired) electrons. The molecule has 2 amide bonds. The zero-order chi connectivity index (χ0) is 22.1. The molecule has 1 saturated heterocycles. The van der Waals surface area contributed by atoms with Crippen molar-refractivity contribution in [1.82, 2.24) is 30.2 Å². The molecule has 1 aliphatic rings. The van der Waals surface area contributed by atoms with Crippen molar-refractivity contribution in [2.45, 2.75) is 50.9 Å². The van der Waals surface area contributed by atoms with E-state index in [1.54, 1.807) is 20.8 Å². The molecule has 3 rings (SSSR count). The average molecular weight is 423 g/mol. The van der Waals surface area contributed by atoms with Crippen LogP contribution in [0.2, 0.25) is 0 Å². The maximum atomic E-state index is 12.4. The predicted octanol–water partition coefficient (Wildman–Crippen LogP) is -1.33. The van der Waals surface area contributed by atoms with Crippen LogP contribution >= 0.6 is 0 Å². The van der Waals surface area contributed by atoms with Crippen LogP contribution in [0.5, 0.6) is 0 Å². The number of carbonyl (C=O) groups excluding carboxylic acids is 2. The molecule has 2 aromatic heterocycles. The number of imidazole rings is 1. The number of rotatable bonds is 5. The largest absolute Gasteiger partial charge is 0.444 e. The fraction of sp³-hybridized carbons (Fsp3) is 0.588. The lowest BCUT2D eigenvalue weighted by Gasteiger charge is -2.20. The van der Waals surface area contributed by atoms with Crippen LogP contribution in [-0.2, 0) is 14.3 Å². The lowest BCUT2D eigenvalue weighted by atomic mass is 10.1. The highest BCUT2D eigenvalue weighted by atomic mass is 16.6. The van der Waals surface area contributed by atoms with Gasteiger partial charge in [0.25, 0.3) is 5.91 Å². The zero-order valence-corrected chi connectivity index (χ0v) is 16.8. The van der Waals surface area contributed by atoms with Gasteiger partial charge in [-0.05, 0) is 20.8 Å². The smallest absolute Gasteiger partial charge is 0.407 e. The number of aliphatic hydroxyl groups is 2. The summed E-state index contributed by atoms with van der Waals surface area (Å²) in [7, 11) is 0. The van der Waals surface area contributed by atoms with Crippen molar-refractivity contribution in [3.05, 3.63) is 12.7 Å². The minimum atomic E-state index is -1.48. The molecule has 3 heterocycles. The van der Waals surface area contributed by atoms with Crippen LogP contribution in [0.3, 0.4) is 0 Å². The summed E-state index contributed by atoms with van der Waals surface area (Å²) >= 11 is 0.